The lowest BCUT2D eigenvalue weighted by Crippen LogP contribution is -2.15. The van der Waals surface area contributed by atoms with E-state index >= 15 is 0 Å². The van der Waals surface area contributed by atoms with Crippen LogP contribution in [0, 0.1) is 20.8 Å². The molecule has 4 heteroatoms. The van der Waals surface area contributed by atoms with E-state index in [9.17, 15) is 4.79 Å². The molecule has 1 heterocycles. The van der Waals surface area contributed by atoms with Crippen molar-refractivity contribution < 1.29 is 4.79 Å². The number of carbonyl (C=O) groups excluding carboxylic acids is 1. The first-order valence-electron chi connectivity index (χ1n) is 6.56. The van der Waals surface area contributed by atoms with Crippen molar-refractivity contribution in [3.63, 3.8) is 0 Å². The van der Waals surface area contributed by atoms with E-state index in [0.29, 0.717) is 5.02 Å². The maximum Gasteiger partial charge on any atom is 0.183 e. The zero-order valence-electron chi connectivity index (χ0n) is 12.2. The number of rotatable bonds is 4. The van der Waals surface area contributed by atoms with Gasteiger partial charge in [0.25, 0.3) is 0 Å². The summed E-state index contributed by atoms with van der Waals surface area (Å²) in [6, 6.07) is 7.55. The fraction of sp³-hybridized carbons (Fsp3) is 0.312. The fourth-order valence-electron chi connectivity index (χ4n) is 2.19. The molecule has 20 heavy (non-hydrogen) atoms. The molecule has 0 fully saturated rings. The zero-order chi connectivity index (χ0) is 14.9. The van der Waals surface area contributed by atoms with Crippen LogP contribution in [-0.2, 0) is 7.05 Å². The van der Waals surface area contributed by atoms with Crippen molar-refractivity contribution in [3.8, 4) is 0 Å². The summed E-state index contributed by atoms with van der Waals surface area (Å²) >= 11 is 5.97. The third kappa shape index (κ3) is 2.88. The van der Waals surface area contributed by atoms with Crippen LogP contribution in [0.1, 0.15) is 27.3 Å². The molecule has 0 saturated heterocycles. The molecule has 0 spiro atoms. The summed E-state index contributed by atoms with van der Waals surface area (Å²) in [4.78, 5) is 12.3. The Morgan fingerprint density at radius 2 is 1.95 bits per heavy atom. The molecule has 0 bridgehead atoms. The molecule has 106 valence electrons. The third-order valence-corrected chi connectivity index (χ3v) is 3.95. The zero-order valence-corrected chi connectivity index (χ0v) is 13.0. The van der Waals surface area contributed by atoms with Gasteiger partial charge in [0.05, 0.1) is 6.54 Å². The SMILES string of the molecule is Cc1ccc(Cl)cc1NCC(=O)c1cc(C)n(C)c1C. The normalized spacial score (nSPS) is 10.7. The minimum Gasteiger partial charge on any atom is -0.377 e. The first-order chi connectivity index (χ1) is 9.40. The molecular weight excluding hydrogens is 272 g/mol. The molecule has 1 aromatic heterocycles. The number of hydrogen-bond acceptors (Lipinski definition) is 2. The van der Waals surface area contributed by atoms with E-state index in [4.69, 9.17) is 11.6 Å². The molecule has 2 rings (SSSR count). The van der Waals surface area contributed by atoms with Crippen LogP contribution in [0.15, 0.2) is 24.3 Å². The van der Waals surface area contributed by atoms with Crippen molar-refractivity contribution in [2.24, 2.45) is 7.05 Å². The number of aryl methyl sites for hydroxylation is 2. The van der Waals surface area contributed by atoms with Crippen LogP contribution in [-0.4, -0.2) is 16.9 Å². The van der Waals surface area contributed by atoms with Gasteiger partial charge in [0.15, 0.2) is 5.78 Å². The Hall–Kier alpha value is -1.74. The van der Waals surface area contributed by atoms with E-state index in [1.54, 1.807) is 0 Å². The van der Waals surface area contributed by atoms with Crippen LogP contribution in [0.25, 0.3) is 0 Å². The van der Waals surface area contributed by atoms with Crippen molar-refractivity contribution in [1.29, 1.82) is 0 Å². The van der Waals surface area contributed by atoms with Gasteiger partial charge in [-0.1, -0.05) is 17.7 Å². The maximum atomic E-state index is 12.3. The largest absolute Gasteiger partial charge is 0.377 e. The first-order valence-corrected chi connectivity index (χ1v) is 6.94. The van der Waals surface area contributed by atoms with Crippen molar-refractivity contribution in [3.05, 3.63) is 51.8 Å². The van der Waals surface area contributed by atoms with Gasteiger partial charge in [-0.15, -0.1) is 0 Å². The Morgan fingerprint density at radius 3 is 2.55 bits per heavy atom. The minimum atomic E-state index is 0.0885. The average Bonchev–Trinajstić information content (AvgIpc) is 2.67. The Bertz CT molecular complexity index is 659. The maximum absolute atomic E-state index is 12.3. The average molecular weight is 291 g/mol. The third-order valence-electron chi connectivity index (χ3n) is 3.71. The number of nitrogens with one attached hydrogen (secondary N) is 1. The predicted molar refractivity (Wildman–Crippen MR) is 83.9 cm³/mol. The Kier molecular flexibility index (Phi) is 4.19. The van der Waals surface area contributed by atoms with Gasteiger partial charge in [0.1, 0.15) is 0 Å². The van der Waals surface area contributed by atoms with Crippen LogP contribution in [0.2, 0.25) is 5.02 Å². The van der Waals surface area contributed by atoms with Crippen LogP contribution < -0.4 is 5.32 Å². The summed E-state index contributed by atoms with van der Waals surface area (Å²) in [5.41, 5.74) is 4.83. The molecule has 0 saturated carbocycles. The minimum absolute atomic E-state index is 0.0885. The number of benzene rings is 1. The number of Topliss-reactive ketones (excluding diaryl/α,β-unsaturated/α-hetero) is 1. The number of aromatic nitrogens is 1. The first kappa shape index (κ1) is 14.7. The van der Waals surface area contributed by atoms with Crippen LogP contribution in [0.5, 0.6) is 0 Å². The van der Waals surface area contributed by atoms with Crippen molar-refractivity contribution in [2.75, 3.05) is 11.9 Å². The van der Waals surface area contributed by atoms with E-state index in [1.807, 2.05) is 56.7 Å². The molecule has 0 radical (unpaired) electrons. The number of carbonyl (C=O) groups is 1. The molecule has 2 aromatic rings. The summed E-state index contributed by atoms with van der Waals surface area (Å²) in [5, 5.41) is 3.83. The molecule has 1 aromatic carbocycles. The summed E-state index contributed by atoms with van der Waals surface area (Å²) in [6.07, 6.45) is 0. The smallest absolute Gasteiger partial charge is 0.183 e. The molecule has 0 aliphatic heterocycles. The predicted octanol–water partition coefficient (Wildman–Crippen LogP) is 3.90. The Labute approximate surface area is 124 Å². The highest BCUT2D eigenvalue weighted by Gasteiger charge is 2.14. The number of hydrogen-bond donors (Lipinski definition) is 1. The second kappa shape index (κ2) is 5.71. The van der Waals surface area contributed by atoms with Crippen LogP contribution in [0.3, 0.4) is 0 Å². The molecule has 0 amide bonds. The highest BCUT2D eigenvalue weighted by atomic mass is 35.5. The fourth-order valence-corrected chi connectivity index (χ4v) is 2.37. The van der Waals surface area contributed by atoms with E-state index in [2.05, 4.69) is 5.32 Å². The van der Waals surface area contributed by atoms with E-state index in [1.165, 1.54) is 0 Å². The topological polar surface area (TPSA) is 34.0 Å². The van der Waals surface area contributed by atoms with Gasteiger partial charge in [-0.3, -0.25) is 4.79 Å². The van der Waals surface area contributed by atoms with E-state index in [0.717, 1.165) is 28.2 Å². The van der Waals surface area contributed by atoms with Crippen LogP contribution >= 0.6 is 11.6 Å². The molecular formula is C16H19ClN2O. The van der Waals surface area contributed by atoms with Gasteiger partial charge >= 0.3 is 0 Å². The lowest BCUT2D eigenvalue weighted by Gasteiger charge is -2.09. The Morgan fingerprint density at radius 1 is 1.25 bits per heavy atom. The van der Waals surface area contributed by atoms with Gasteiger partial charge in [-0.05, 0) is 44.5 Å². The molecule has 1 N–H and O–H groups in total. The molecule has 0 aliphatic rings. The van der Waals surface area contributed by atoms with E-state index in [-0.39, 0.29) is 12.3 Å². The number of anilines is 1. The standard InChI is InChI=1S/C16H19ClN2O/c1-10-5-6-13(17)8-15(10)18-9-16(20)14-7-11(2)19(4)12(14)3/h5-8,18H,9H2,1-4H3. The Balaban J connectivity index is 2.12. The van der Waals surface area contributed by atoms with Gasteiger partial charge in [-0.2, -0.15) is 0 Å². The number of halogens is 1. The summed E-state index contributed by atoms with van der Waals surface area (Å²) < 4.78 is 2.03. The van der Waals surface area contributed by atoms with Gasteiger partial charge in [0, 0.05) is 34.7 Å². The molecule has 0 unspecified atom stereocenters. The molecule has 0 aliphatic carbocycles. The summed E-state index contributed by atoms with van der Waals surface area (Å²) in [6.45, 7) is 6.22. The van der Waals surface area contributed by atoms with Crippen molar-refractivity contribution >= 4 is 23.1 Å². The van der Waals surface area contributed by atoms with Crippen LogP contribution in [0.4, 0.5) is 5.69 Å². The van der Waals surface area contributed by atoms with Gasteiger partial charge in [-0.25, -0.2) is 0 Å². The number of nitrogens with zero attached hydrogens (tertiary/aromatic N) is 1. The monoisotopic (exact) mass is 290 g/mol. The summed E-state index contributed by atoms with van der Waals surface area (Å²) in [5.74, 6) is 0.0885. The second-order valence-corrected chi connectivity index (χ2v) is 5.52. The molecule has 0 atom stereocenters. The van der Waals surface area contributed by atoms with Crippen molar-refractivity contribution in [1.82, 2.24) is 4.57 Å². The van der Waals surface area contributed by atoms with Gasteiger partial charge in [0.2, 0.25) is 0 Å². The van der Waals surface area contributed by atoms with Crippen molar-refractivity contribution in [2.45, 2.75) is 20.8 Å². The quantitative estimate of drug-likeness (QED) is 0.867. The second-order valence-electron chi connectivity index (χ2n) is 5.08. The lowest BCUT2D eigenvalue weighted by atomic mass is 10.1. The lowest BCUT2D eigenvalue weighted by molar-refractivity contribution is 0.101. The van der Waals surface area contributed by atoms with Gasteiger partial charge < -0.3 is 9.88 Å². The highest BCUT2D eigenvalue weighted by molar-refractivity contribution is 6.30. The summed E-state index contributed by atoms with van der Waals surface area (Å²) in [7, 11) is 1.97. The molecule has 3 nitrogen and oxygen atoms in total. The number of ketones is 1. The van der Waals surface area contributed by atoms with E-state index < -0.39 is 0 Å². The highest BCUT2D eigenvalue weighted by Crippen LogP contribution is 2.20.